The van der Waals surface area contributed by atoms with Gasteiger partial charge in [0, 0.05) is 21.9 Å². The molecule has 13 heteroatoms. The summed E-state index contributed by atoms with van der Waals surface area (Å²) in [7, 11) is 0. The smallest absolute Gasteiger partial charge is 0.416 e. The summed E-state index contributed by atoms with van der Waals surface area (Å²) in [5.74, 6) is -0.617. The largest absolute Gasteiger partial charge is 0.857 e. The average molecular weight is 599 g/mol. The molecule has 4 heterocycles. The Kier molecular flexibility index (Phi) is 7.04. The number of thiophene rings is 1. The van der Waals surface area contributed by atoms with E-state index >= 15 is 0 Å². The van der Waals surface area contributed by atoms with E-state index in [1.54, 1.807) is 35.1 Å². The van der Waals surface area contributed by atoms with E-state index in [9.17, 15) is 18.3 Å². The third-order valence-corrected chi connectivity index (χ3v) is 8.17. The molecule has 6 rings (SSSR count). The van der Waals surface area contributed by atoms with E-state index in [1.807, 2.05) is 5.01 Å². The van der Waals surface area contributed by atoms with Crippen LogP contribution < -0.4 is 20.6 Å². The molecule has 0 unspecified atom stereocenters. The molecule has 3 aromatic heterocycles. The maximum absolute atomic E-state index is 13.3. The minimum atomic E-state index is -4.48. The highest BCUT2D eigenvalue weighted by atomic mass is 35.5. The van der Waals surface area contributed by atoms with E-state index in [2.05, 4.69) is 10.3 Å². The average Bonchev–Trinajstić information content (AvgIpc) is 3.57. The number of fused-ring (bicyclic) bond motifs is 1. The lowest BCUT2D eigenvalue weighted by molar-refractivity contribution is -0.759. The van der Waals surface area contributed by atoms with Crippen LogP contribution in [0.25, 0.3) is 32.6 Å². The molecule has 0 spiro atoms. The van der Waals surface area contributed by atoms with Gasteiger partial charge in [0.1, 0.15) is 4.83 Å². The van der Waals surface area contributed by atoms with Crippen LogP contribution in [0, 0.1) is 0 Å². The first kappa shape index (κ1) is 27.0. The summed E-state index contributed by atoms with van der Waals surface area (Å²) in [4.78, 5) is 10.9. The first-order valence-corrected chi connectivity index (χ1v) is 13.9. The van der Waals surface area contributed by atoms with Crippen molar-refractivity contribution in [1.82, 2.24) is 10.3 Å². The standard InChI is InChI=1S/C28H22ClF3N6O2S/c29-19-10-6-17(7-11-19)21-14-20(16-4-8-18(9-5-16)28(30,31)32)23-24(33)25(41-27(23)34-21)26(39)35-22-15-38(36-40-22)37-12-2-1-3-13-37/h4-11,14-15H,1-3,12-13H2,(H2-,33,35,36,39). The maximum Gasteiger partial charge on any atom is 0.416 e. The van der Waals surface area contributed by atoms with Crippen molar-refractivity contribution in [2.75, 3.05) is 23.8 Å². The zero-order valence-electron chi connectivity index (χ0n) is 21.4. The van der Waals surface area contributed by atoms with Crippen LogP contribution in [-0.2, 0) is 6.18 Å². The summed E-state index contributed by atoms with van der Waals surface area (Å²) in [5, 5.41) is 20.2. The summed E-state index contributed by atoms with van der Waals surface area (Å²) >= 11 is 7.10. The molecule has 1 aliphatic rings. The Labute approximate surface area is 241 Å². The van der Waals surface area contributed by atoms with Crippen molar-refractivity contribution in [2.45, 2.75) is 25.4 Å². The fraction of sp³-hybridized carbons (Fsp3) is 0.214. The fourth-order valence-corrected chi connectivity index (χ4v) is 5.89. The molecule has 2 aromatic carbocycles. The molecule has 5 aromatic rings. The number of halogens is 4. The van der Waals surface area contributed by atoms with Crippen LogP contribution in [0.4, 0.5) is 24.7 Å². The normalized spacial score (nSPS) is 14.6. The molecule has 0 aliphatic carbocycles. The number of benzene rings is 2. The lowest BCUT2D eigenvalue weighted by Crippen LogP contribution is -2.60. The number of anilines is 1. The zero-order chi connectivity index (χ0) is 28.7. The Bertz CT molecular complexity index is 1740. The molecular formula is C28H22ClF3N6O2S. The fourth-order valence-electron chi connectivity index (χ4n) is 4.76. The number of aliphatic imine (C=N–C) groups is 1. The number of rotatable bonds is 5. The molecular weight excluding hydrogens is 577 g/mol. The molecule has 2 N–H and O–H groups in total. The summed E-state index contributed by atoms with van der Waals surface area (Å²) in [6.07, 6.45) is 0.289. The number of aromatic nitrogens is 3. The van der Waals surface area contributed by atoms with Gasteiger partial charge in [0.15, 0.2) is 0 Å². The Balaban J connectivity index is 1.45. The molecule has 0 radical (unpaired) electrons. The van der Waals surface area contributed by atoms with Crippen molar-refractivity contribution in [3.05, 3.63) is 76.3 Å². The molecule has 41 heavy (non-hydrogen) atoms. The minimum Gasteiger partial charge on any atom is -0.857 e. The van der Waals surface area contributed by atoms with Crippen molar-refractivity contribution in [2.24, 2.45) is 4.99 Å². The monoisotopic (exact) mass is 598 g/mol. The summed E-state index contributed by atoms with van der Waals surface area (Å²) in [5.41, 5.74) is 8.15. The molecule has 8 nitrogen and oxygen atoms in total. The molecule has 0 amide bonds. The van der Waals surface area contributed by atoms with Crippen LogP contribution in [0.15, 0.2) is 70.3 Å². The predicted molar refractivity (Wildman–Crippen MR) is 150 cm³/mol. The maximum atomic E-state index is 13.3. The zero-order valence-corrected chi connectivity index (χ0v) is 22.9. The molecule has 1 fully saturated rings. The molecule has 1 aliphatic heterocycles. The Morgan fingerprint density at radius 3 is 2.41 bits per heavy atom. The van der Waals surface area contributed by atoms with Crippen molar-refractivity contribution < 1.29 is 27.6 Å². The number of nitrogen functional groups attached to an aromatic ring is 1. The second-order valence-corrected chi connectivity index (χ2v) is 11.0. The Morgan fingerprint density at radius 1 is 1.05 bits per heavy atom. The van der Waals surface area contributed by atoms with E-state index in [-0.39, 0.29) is 16.4 Å². The third kappa shape index (κ3) is 5.44. The van der Waals surface area contributed by atoms with Crippen LogP contribution in [0.1, 0.15) is 29.7 Å². The number of alkyl halides is 3. The summed E-state index contributed by atoms with van der Waals surface area (Å²) in [6, 6.07) is 13.5. The van der Waals surface area contributed by atoms with E-state index in [0.717, 1.165) is 61.4 Å². The first-order chi connectivity index (χ1) is 19.7. The lowest BCUT2D eigenvalue weighted by Gasteiger charge is -2.17. The van der Waals surface area contributed by atoms with Gasteiger partial charge < -0.3 is 10.8 Å². The number of pyridine rings is 1. The predicted octanol–water partition coefficient (Wildman–Crippen LogP) is 5.72. The van der Waals surface area contributed by atoms with Gasteiger partial charge in [-0.05, 0) is 60.7 Å². The molecule has 210 valence electrons. The van der Waals surface area contributed by atoms with Gasteiger partial charge >= 0.3 is 12.1 Å². The van der Waals surface area contributed by atoms with E-state index in [0.29, 0.717) is 32.1 Å². The number of hydrogen-bond acceptors (Lipinski definition) is 8. The Hall–Kier alpha value is -4.16. The van der Waals surface area contributed by atoms with Gasteiger partial charge in [-0.1, -0.05) is 35.9 Å². The van der Waals surface area contributed by atoms with Gasteiger partial charge in [-0.2, -0.15) is 18.2 Å². The van der Waals surface area contributed by atoms with Gasteiger partial charge in [0.2, 0.25) is 5.27 Å². The minimum absolute atomic E-state index is 0.0233. The van der Waals surface area contributed by atoms with Gasteiger partial charge in [-0.3, -0.25) is 4.52 Å². The Morgan fingerprint density at radius 2 is 1.73 bits per heavy atom. The number of nitrogens with zero attached hydrogens (tertiary/aromatic N) is 5. The topological polar surface area (TPSA) is 107 Å². The molecule has 0 atom stereocenters. The van der Waals surface area contributed by atoms with Crippen LogP contribution in [0.3, 0.4) is 0 Å². The highest BCUT2D eigenvalue weighted by Gasteiger charge is 2.30. The van der Waals surface area contributed by atoms with Gasteiger partial charge in [0.25, 0.3) is 6.20 Å². The van der Waals surface area contributed by atoms with E-state index in [4.69, 9.17) is 26.8 Å². The second kappa shape index (κ2) is 10.7. The first-order valence-electron chi connectivity index (χ1n) is 12.7. The quantitative estimate of drug-likeness (QED) is 0.157. The van der Waals surface area contributed by atoms with Crippen molar-refractivity contribution in [3.8, 4) is 22.4 Å². The van der Waals surface area contributed by atoms with Crippen LogP contribution >= 0.6 is 22.9 Å². The van der Waals surface area contributed by atoms with Gasteiger partial charge in [0.05, 0.1) is 39.7 Å². The molecule has 1 saturated heterocycles. The van der Waals surface area contributed by atoms with Crippen LogP contribution in [0.5, 0.6) is 0 Å². The highest BCUT2D eigenvalue weighted by Crippen LogP contribution is 2.42. The van der Waals surface area contributed by atoms with Gasteiger partial charge in [-0.25, -0.2) is 9.98 Å². The van der Waals surface area contributed by atoms with E-state index in [1.165, 1.54) is 18.3 Å². The van der Waals surface area contributed by atoms with Crippen LogP contribution in [-0.4, -0.2) is 29.2 Å². The van der Waals surface area contributed by atoms with Crippen molar-refractivity contribution in [3.63, 3.8) is 0 Å². The SMILES string of the molecule is Nc1c(/C([O-])=N/c2c[n+](N3CCCCC3)no2)sc2nc(-c3ccc(Cl)cc3)cc(-c3ccc(C(F)(F)F)cc3)c12. The lowest BCUT2D eigenvalue weighted by atomic mass is 9.98. The number of nitrogens with two attached hydrogens (primary N) is 1. The second-order valence-electron chi connectivity index (χ2n) is 9.55. The summed E-state index contributed by atoms with van der Waals surface area (Å²) in [6.45, 7) is 1.64. The molecule has 0 bridgehead atoms. The molecule has 0 saturated carbocycles. The highest BCUT2D eigenvalue weighted by molar-refractivity contribution is 7.21. The van der Waals surface area contributed by atoms with Gasteiger partial charge in [-0.15, -0.1) is 11.3 Å². The third-order valence-electron chi connectivity index (χ3n) is 6.83. The van der Waals surface area contributed by atoms with E-state index < -0.39 is 17.6 Å². The van der Waals surface area contributed by atoms with Crippen LogP contribution in [0.2, 0.25) is 5.02 Å². The van der Waals surface area contributed by atoms with Crippen molar-refractivity contribution >= 4 is 50.6 Å². The number of piperidine rings is 1. The van der Waals surface area contributed by atoms with Crippen molar-refractivity contribution in [1.29, 1.82) is 0 Å². The number of hydrogen-bond donors (Lipinski definition) is 1. The summed E-state index contributed by atoms with van der Waals surface area (Å²) < 4.78 is 45.0.